The number of nitrogens with zero attached hydrogens (tertiary/aromatic N) is 2. The Kier molecular flexibility index (Phi) is 4.03. The van der Waals surface area contributed by atoms with Crippen molar-refractivity contribution in [3.8, 4) is 0 Å². The number of likely N-dealkylation sites (tertiary alicyclic amines) is 1. The molecule has 2 rings (SSSR count). The summed E-state index contributed by atoms with van der Waals surface area (Å²) in [5.74, 6) is 1.17. The zero-order chi connectivity index (χ0) is 12.5. The Bertz CT molecular complexity index is 291. The van der Waals surface area contributed by atoms with Gasteiger partial charge in [0.05, 0.1) is 0 Å². The van der Waals surface area contributed by atoms with Crippen LogP contribution in [0.15, 0.2) is 0 Å². The first-order valence-corrected chi connectivity index (χ1v) is 7.25. The maximum atomic E-state index is 12.2. The zero-order valence-corrected chi connectivity index (χ0v) is 11.9. The van der Waals surface area contributed by atoms with Gasteiger partial charge in [0.1, 0.15) is 0 Å². The fourth-order valence-electron chi connectivity index (χ4n) is 2.67. The fourth-order valence-corrected chi connectivity index (χ4v) is 3.10. The maximum absolute atomic E-state index is 12.2. The largest absolute Gasteiger partial charge is 0.341 e. The molecule has 17 heavy (non-hydrogen) atoms. The molecule has 1 amide bonds. The van der Waals surface area contributed by atoms with Crippen molar-refractivity contribution in [2.24, 2.45) is 5.41 Å². The summed E-state index contributed by atoms with van der Waals surface area (Å²) in [6, 6.07) is 0.414. The van der Waals surface area contributed by atoms with Gasteiger partial charge in [-0.05, 0) is 50.4 Å². The van der Waals surface area contributed by atoms with E-state index in [2.05, 4.69) is 24.6 Å². The van der Waals surface area contributed by atoms with Gasteiger partial charge in [0.25, 0.3) is 0 Å². The second kappa shape index (κ2) is 5.19. The van der Waals surface area contributed by atoms with Crippen LogP contribution in [-0.2, 0) is 4.79 Å². The minimum absolute atomic E-state index is 0.245. The number of hydrogen-bond donors (Lipinski definition) is 1. The molecule has 0 radical (unpaired) electrons. The van der Waals surface area contributed by atoms with Crippen LogP contribution < -0.4 is 0 Å². The van der Waals surface area contributed by atoms with E-state index in [1.165, 1.54) is 25.8 Å². The van der Waals surface area contributed by atoms with E-state index >= 15 is 0 Å². The summed E-state index contributed by atoms with van der Waals surface area (Å²) in [5.41, 5.74) is 0.245. The third-order valence-corrected chi connectivity index (χ3v) is 5.03. The number of hydrogen-bond acceptors (Lipinski definition) is 3. The number of rotatable bonds is 4. The van der Waals surface area contributed by atoms with E-state index in [0.717, 1.165) is 18.7 Å². The molecular weight excluding hydrogens is 232 g/mol. The van der Waals surface area contributed by atoms with Gasteiger partial charge in [0, 0.05) is 26.1 Å². The number of carbonyl (C=O) groups excluding carboxylic acids is 1. The van der Waals surface area contributed by atoms with Crippen LogP contribution in [0, 0.1) is 5.41 Å². The van der Waals surface area contributed by atoms with Crippen molar-refractivity contribution in [1.82, 2.24) is 9.80 Å². The first-order chi connectivity index (χ1) is 8.06. The molecule has 0 aromatic carbocycles. The minimum Gasteiger partial charge on any atom is -0.341 e. The Morgan fingerprint density at radius 2 is 2.24 bits per heavy atom. The van der Waals surface area contributed by atoms with Crippen LogP contribution in [0.25, 0.3) is 0 Å². The van der Waals surface area contributed by atoms with E-state index < -0.39 is 0 Å². The van der Waals surface area contributed by atoms with Gasteiger partial charge in [-0.3, -0.25) is 4.79 Å². The molecule has 0 N–H and O–H groups in total. The normalized spacial score (nSPS) is 27.8. The average Bonchev–Trinajstić information content (AvgIpc) is 3.08. The van der Waals surface area contributed by atoms with Crippen molar-refractivity contribution in [2.75, 3.05) is 32.9 Å². The average molecular weight is 256 g/mol. The molecule has 4 heteroatoms. The lowest BCUT2D eigenvalue weighted by atomic mass is 10.0. The molecule has 2 fully saturated rings. The molecular formula is C13H24N2OS. The van der Waals surface area contributed by atoms with E-state index in [4.69, 9.17) is 0 Å². The summed E-state index contributed by atoms with van der Waals surface area (Å²) >= 11 is 4.37. The quantitative estimate of drug-likeness (QED) is 0.773. The van der Waals surface area contributed by atoms with Crippen molar-refractivity contribution >= 4 is 18.5 Å². The highest BCUT2D eigenvalue weighted by Gasteiger charge is 2.44. The second-order valence-electron chi connectivity index (χ2n) is 5.90. The van der Waals surface area contributed by atoms with Crippen LogP contribution >= 0.6 is 12.6 Å². The highest BCUT2D eigenvalue weighted by atomic mass is 32.1. The number of likely N-dealkylation sites (N-methyl/N-ethyl adjacent to an activating group) is 2. The number of piperidine rings is 1. The molecule has 1 unspecified atom stereocenters. The molecule has 1 atom stereocenters. The Morgan fingerprint density at radius 1 is 1.53 bits per heavy atom. The van der Waals surface area contributed by atoms with Gasteiger partial charge >= 0.3 is 0 Å². The maximum Gasteiger partial charge on any atom is 0.223 e. The van der Waals surface area contributed by atoms with Crippen molar-refractivity contribution in [3.63, 3.8) is 0 Å². The van der Waals surface area contributed by atoms with Gasteiger partial charge in [0.15, 0.2) is 0 Å². The first kappa shape index (κ1) is 13.2. The zero-order valence-electron chi connectivity index (χ0n) is 11.0. The molecule has 2 aliphatic rings. The second-order valence-corrected chi connectivity index (χ2v) is 6.21. The molecule has 1 heterocycles. The first-order valence-electron chi connectivity index (χ1n) is 6.61. The third kappa shape index (κ3) is 3.16. The topological polar surface area (TPSA) is 23.6 Å². The van der Waals surface area contributed by atoms with Gasteiger partial charge < -0.3 is 9.80 Å². The van der Waals surface area contributed by atoms with Crippen molar-refractivity contribution in [2.45, 2.75) is 38.1 Å². The summed E-state index contributed by atoms with van der Waals surface area (Å²) in [6.45, 7) is 2.19. The molecule has 1 aliphatic heterocycles. The minimum atomic E-state index is 0.245. The summed E-state index contributed by atoms with van der Waals surface area (Å²) < 4.78 is 0. The van der Waals surface area contributed by atoms with E-state index in [0.29, 0.717) is 18.4 Å². The number of amides is 1. The van der Waals surface area contributed by atoms with Crippen LogP contribution in [-0.4, -0.2) is 54.7 Å². The summed E-state index contributed by atoms with van der Waals surface area (Å²) in [6.07, 6.45) is 5.42. The van der Waals surface area contributed by atoms with Crippen LogP contribution in [0.5, 0.6) is 0 Å². The van der Waals surface area contributed by atoms with E-state index in [1.54, 1.807) is 0 Å². The van der Waals surface area contributed by atoms with Crippen molar-refractivity contribution in [3.05, 3.63) is 0 Å². The lowest BCUT2D eigenvalue weighted by Crippen LogP contribution is -2.47. The van der Waals surface area contributed by atoms with Gasteiger partial charge in [-0.2, -0.15) is 12.6 Å². The number of thiol groups is 1. The third-order valence-electron chi connectivity index (χ3n) is 4.36. The van der Waals surface area contributed by atoms with Crippen molar-refractivity contribution in [1.29, 1.82) is 0 Å². The molecule has 1 saturated carbocycles. The summed E-state index contributed by atoms with van der Waals surface area (Å²) in [7, 11) is 4.11. The van der Waals surface area contributed by atoms with E-state index in [9.17, 15) is 4.79 Å². The molecule has 0 aromatic heterocycles. The Morgan fingerprint density at radius 3 is 2.76 bits per heavy atom. The lowest BCUT2D eigenvalue weighted by molar-refractivity contribution is -0.134. The van der Waals surface area contributed by atoms with Gasteiger partial charge in [0.2, 0.25) is 5.91 Å². The number of carbonyl (C=O) groups is 1. The molecule has 1 saturated heterocycles. The van der Waals surface area contributed by atoms with Gasteiger partial charge in [-0.1, -0.05) is 0 Å². The molecule has 1 aliphatic carbocycles. The predicted molar refractivity (Wildman–Crippen MR) is 73.4 cm³/mol. The summed E-state index contributed by atoms with van der Waals surface area (Å²) in [5, 5.41) is 0. The highest BCUT2D eigenvalue weighted by molar-refractivity contribution is 7.80. The van der Waals surface area contributed by atoms with E-state index in [1.807, 2.05) is 11.9 Å². The monoisotopic (exact) mass is 256 g/mol. The van der Waals surface area contributed by atoms with Crippen molar-refractivity contribution < 1.29 is 4.79 Å². The SMILES string of the molecule is CN1CCCC(N(C)C(=O)CC2(CS)CC2)C1. The standard InChI is InChI=1S/C13H24N2OS/c1-14-7-3-4-11(9-14)15(2)12(16)8-13(10-17)5-6-13/h11,17H,3-10H2,1-2H3. The van der Waals surface area contributed by atoms with Crippen LogP contribution in [0.3, 0.4) is 0 Å². The van der Waals surface area contributed by atoms with Gasteiger partial charge in [-0.15, -0.1) is 0 Å². The van der Waals surface area contributed by atoms with Crippen LogP contribution in [0.2, 0.25) is 0 Å². The predicted octanol–water partition coefficient (Wildman–Crippen LogP) is 1.64. The molecule has 0 bridgehead atoms. The Balaban J connectivity index is 1.86. The highest BCUT2D eigenvalue weighted by Crippen LogP contribution is 2.49. The lowest BCUT2D eigenvalue weighted by Gasteiger charge is -2.36. The van der Waals surface area contributed by atoms with Gasteiger partial charge in [-0.25, -0.2) is 0 Å². The fraction of sp³-hybridized carbons (Fsp3) is 0.923. The Labute approximate surface area is 110 Å². The molecule has 0 aromatic rings. The molecule has 3 nitrogen and oxygen atoms in total. The smallest absolute Gasteiger partial charge is 0.223 e. The Hall–Kier alpha value is -0.220. The molecule has 98 valence electrons. The van der Waals surface area contributed by atoms with E-state index in [-0.39, 0.29) is 5.41 Å². The summed E-state index contributed by atoms with van der Waals surface area (Å²) in [4.78, 5) is 16.5. The van der Waals surface area contributed by atoms with Crippen LogP contribution in [0.4, 0.5) is 0 Å². The molecule has 0 spiro atoms. The van der Waals surface area contributed by atoms with Crippen LogP contribution in [0.1, 0.15) is 32.1 Å².